The Labute approximate surface area is 217 Å². The molecule has 8 heteroatoms. The fraction of sp³-hybridized carbons (Fsp3) is 0.172. The fourth-order valence-corrected chi connectivity index (χ4v) is 5.38. The van der Waals surface area contributed by atoms with E-state index in [1.807, 2.05) is 68.4 Å². The lowest BCUT2D eigenvalue weighted by Crippen LogP contribution is -2.29. The molecule has 5 aromatic rings. The van der Waals surface area contributed by atoms with Gasteiger partial charge in [0.1, 0.15) is 22.9 Å². The van der Waals surface area contributed by atoms with Gasteiger partial charge in [0, 0.05) is 5.92 Å². The van der Waals surface area contributed by atoms with Crippen LogP contribution in [0.25, 0.3) is 11.0 Å². The Morgan fingerprint density at radius 2 is 1.76 bits per heavy atom. The third-order valence-corrected chi connectivity index (χ3v) is 7.55. The first-order valence-corrected chi connectivity index (χ1v) is 12.8. The molecule has 3 heterocycles. The number of carbonyl (C=O) groups is 1. The summed E-state index contributed by atoms with van der Waals surface area (Å²) in [5.74, 6) is 0.407. The molecule has 0 fully saturated rings. The lowest BCUT2D eigenvalue weighted by molar-refractivity contribution is 0.0970. The zero-order valence-electron chi connectivity index (χ0n) is 20.3. The molecule has 1 aliphatic heterocycles. The number of ether oxygens (including phenoxy) is 1. The van der Waals surface area contributed by atoms with Crippen LogP contribution in [-0.2, 0) is 6.61 Å². The number of rotatable bonds is 6. The van der Waals surface area contributed by atoms with Crippen LogP contribution >= 0.6 is 11.3 Å². The maximum absolute atomic E-state index is 13.8. The zero-order chi connectivity index (χ0) is 25.5. The second kappa shape index (κ2) is 9.29. The second-order valence-corrected chi connectivity index (χ2v) is 10.2. The lowest BCUT2D eigenvalue weighted by atomic mass is 9.98. The molecule has 0 unspecified atom stereocenters. The molecule has 37 heavy (non-hydrogen) atoms. The molecular weight excluding hydrogens is 486 g/mol. The molecular formula is C29H23N3O4S. The predicted molar refractivity (Wildman–Crippen MR) is 142 cm³/mol. The van der Waals surface area contributed by atoms with Crippen molar-refractivity contribution in [2.24, 2.45) is 0 Å². The quantitative estimate of drug-likeness (QED) is 0.275. The van der Waals surface area contributed by atoms with Crippen molar-refractivity contribution in [3.63, 3.8) is 0 Å². The van der Waals surface area contributed by atoms with Gasteiger partial charge in [0.2, 0.25) is 10.9 Å². The van der Waals surface area contributed by atoms with Crippen molar-refractivity contribution in [2.75, 3.05) is 4.90 Å². The Bertz CT molecular complexity index is 1680. The average molecular weight is 510 g/mol. The Balaban J connectivity index is 1.48. The molecule has 6 rings (SSSR count). The molecule has 3 aromatic carbocycles. The van der Waals surface area contributed by atoms with Crippen LogP contribution in [0.2, 0.25) is 0 Å². The molecule has 184 valence electrons. The van der Waals surface area contributed by atoms with Crippen molar-refractivity contribution in [2.45, 2.75) is 32.4 Å². The standard InChI is InChI=1S/C29H23N3O4S/c1-17(2)27-30-31-29(37-27)32-24(19-11-8-12-20(15-19)35-16-18-9-4-3-5-10-18)23-25(33)21-13-6-7-14-22(21)36-26(23)28(32)34/h3-15,17,24H,16H2,1-2H3/t24-/m1/s1. The maximum Gasteiger partial charge on any atom is 0.297 e. The summed E-state index contributed by atoms with van der Waals surface area (Å²) in [4.78, 5) is 29.0. The monoisotopic (exact) mass is 509 g/mol. The van der Waals surface area contributed by atoms with Crippen LogP contribution in [0.3, 0.4) is 0 Å². The molecule has 2 aromatic heterocycles. The number of amides is 1. The smallest absolute Gasteiger partial charge is 0.297 e. The first-order valence-electron chi connectivity index (χ1n) is 12.0. The van der Waals surface area contributed by atoms with E-state index in [9.17, 15) is 9.59 Å². The van der Waals surface area contributed by atoms with E-state index in [0.29, 0.717) is 34.0 Å². The highest BCUT2D eigenvalue weighted by molar-refractivity contribution is 7.15. The summed E-state index contributed by atoms with van der Waals surface area (Å²) in [6.45, 7) is 4.44. The van der Waals surface area contributed by atoms with E-state index >= 15 is 0 Å². The van der Waals surface area contributed by atoms with Crippen molar-refractivity contribution < 1.29 is 13.9 Å². The molecule has 0 radical (unpaired) electrons. The average Bonchev–Trinajstić information content (AvgIpc) is 3.52. The molecule has 0 spiro atoms. The van der Waals surface area contributed by atoms with E-state index in [1.54, 1.807) is 24.3 Å². The van der Waals surface area contributed by atoms with Gasteiger partial charge >= 0.3 is 0 Å². The maximum atomic E-state index is 13.8. The lowest BCUT2D eigenvalue weighted by Gasteiger charge is -2.22. The Morgan fingerprint density at radius 3 is 2.54 bits per heavy atom. The topological polar surface area (TPSA) is 85.5 Å². The number of anilines is 1. The summed E-state index contributed by atoms with van der Waals surface area (Å²) in [5, 5.41) is 10.3. The Kier molecular flexibility index (Phi) is 5.81. The summed E-state index contributed by atoms with van der Waals surface area (Å²) >= 11 is 1.34. The van der Waals surface area contributed by atoms with Gasteiger partial charge in [-0.3, -0.25) is 14.5 Å². The number of nitrogens with zero attached hydrogens (tertiary/aromatic N) is 3. The number of benzene rings is 3. The highest BCUT2D eigenvalue weighted by Crippen LogP contribution is 2.43. The Hall–Kier alpha value is -4.30. The third-order valence-electron chi connectivity index (χ3n) is 6.33. The summed E-state index contributed by atoms with van der Waals surface area (Å²) < 4.78 is 12.1. The molecule has 0 bridgehead atoms. The van der Waals surface area contributed by atoms with Gasteiger partial charge < -0.3 is 9.15 Å². The van der Waals surface area contributed by atoms with Gasteiger partial charge in [-0.2, -0.15) is 0 Å². The van der Waals surface area contributed by atoms with Crippen LogP contribution < -0.4 is 15.1 Å². The van der Waals surface area contributed by atoms with E-state index < -0.39 is 11.9 Å². The van der Waals surface area contributed by atoms with E-state index in [-0.39, 0.29) is 17.1 Å². The number of carbonyl (C=O) groups excluding carboxylic acids is 1. The first kappa shape index (κ1) is 23.1. The predicted octanol–water partition coefficient (Wildman–Crippen LogP) is 6.10. The minimum absolute atomic E-state index is 0.0330. The van der Waals surface area contributed by atoms with Crippen LogP contribution in [0.5, 0.6) is 5.75 Å². The Morgan fingerprint density at radius 1 is 0.973 bits per heavy atom. The summed E-state index contributed by atoms with van der Waals surface area (Å²) in [7, 11) is 0. The third kappa shape index (κ3) is 4.09. The highest BCUT2D eigenvalue weighted by atomic mass is 32.1. The van der Waals surface area contributed by atoms with Crippen molar-refractivity contribution >= 4 is 33.3 Å². The van der Waals surface area contributed by atoms with Crippen LogP contribution in [0.4, 0.5) is 5.13 Å². The molecule has 0 N–H and O–H groups in total. The first-order chi connectivity index (χ1) is 18.0. The second-order valence-electron chi connectivity index (χ2n) is 9.17. The molecule has 7 nitrogen and oxygen atoms in total. The summed E-state index contributed by atoms with van der Waals surface area (Å²) in [6.07, 6.45) is 0. The largest absolute Gasteiger partial charge is 0.489 e. The minimum atomic E-state index is -0.725. The van der Waals surface area contributed by atoms with E-state index in [2.05, 4.69) is 10.2 Å². The molecule has 1 amide bonds. The van der Waals surface area contributed by atoms with Crippen molar-refractivity contribution in [1.82, 2.24) is 10.2 Å². The molecule has 0 saturated carbocycles. The summed E-state index contributed by atoms with van der Waals surface area (Å²) in [5.41, 5.74) is 2.20. The van der Waals surface area contributed by atoms with Crippen LogP contribution in [0.15, 0.2) is 88.1 Å². The van der Waals surface area contributed by atoms with Crippen molar-refractivity contribution in [3.8, 4) is 5.75 Å². The normalized spacial score (nSPS) is 14.9. The molecule has 1 atom stereocenters. The zero-order valence-corrected chi connectivity index (χ0v) is 21.1. The SMILES string of the molecule is CC(C)c1nnc(N2C(=O)c3oc4ccccc4c(=O)c3[C@H]2c2cccc(OCc3ccccc3)c2)s1. The van der Waals surface area contributed by atoms with Crippen LogP contribution in [0, 0.1) is 0 Å². The number of hydrogen-bond acceptors (Lipinski definition) is 7. The van der Waals surface area contributed by atoms with Crippen LogP contribution in [0.1, 0.15) is 58.1 Å². The molecule has 0 saturated heterocycles. The van der Waals surface area contributed by atoms with Crippen molar-refractivity contribution in [3.05, 3.63) is 117 Å². The fourth-order valence-electron chi connectivity index (χ4n) is 4.50. The van der Waals surface area contributed by atoms with Crippen LogP contribution in [-0.4, -0.2) is 16.1 Å². The minimum Gasteiger partial charge on any atom is -0.489 e. The van der Waals surface area contributed by atoms with Gasteiger partial charge in [0.05, 0.1) is 17.0 Å². The van der Waals surface area contributed by atoms with E-state index in [4.69, 9.17) is 9.15 Å². The van der Waals surface area contributed by atoms with Gasteiger partial charge in [0.25, 0.3) is 5.91 Å². The van der Waals surface area contributed by atoms with Gasteiger partial charge in [-0.05, 0) is 35.4 Å². The number of para-hydroxylation sites is 1. The van der Waals surface area contributed by atoms with E-state index in [0.717, 1.165) is 16.1 Å². The number of fused-ring (bicyclic) bond motifs is 2. The van der Waals surface area contributed by atoms with E-state index in [1.165, 1.54) is 16.2 Å². The van der Waals surface area contributed by atoms with Crippen molar-refractivity contribution in [1.29, 1.82) is 0 Å². The summed E-state index contributed by atoms with van der Waals surface area (Å²) in [6, 6.07) is 23.6. The van der Waals surface area contributed by atoms with Gasteiger partial charge in [-0.25, -0.2) is 0 Å². The number of aromatic nitrogens is 2. The van der Waals surface area contributed by atoms with Gasteiger partial charge in [-0.15, -0.1) is 10.2 Å². The molecule has 0 aliphatic carbocycles. The molecule has 1 aliphatic rings. The highest BCUT2D eigenvalue weighted by Gasteiger charge is 2.45. The van der Waals surface area contributed by atoms with Gasteiger partial charge in [0.15, 0.2) is 5.43 Å². The van der Waals surface area contributed by atoms with Gasteiger partial charge in [-0.1, -0.05) is 79.8 Å². The number of hydrogen-bond donors (Lipinski definition) is 0.